The van der Waals surface area contributed by atoms with Crippen LogP contribution in [-0.2, 0) is 11.3 Å². The van der Waals surface area contributed by atoms with Crippen LogP contribution in [0.4, 0.5) is 5.69 Å². The Balaban J connectivity index is 1.57. The number of nitrogens with one attached hydrogen (secondary N) is 1. The van der Waals surface area contributed by atoms with Crippen LogP contribution in [-0.4, -0.2) is 20.6 Å². The SMILES string of the molecule is Cc1cccc(Cl)c1NC(=O)Cn1cc(-c2nc(-c3cccc(Br)c3)no2)ccc1=O. The van der Waals surface area contributed by atoms with Crippen LogP contribution in [0.2, 0.25) is 5.02 Å². The monoisotopic (exact) mass is 498 g/mol. The summed E-state index contributed by atoms with van der Waals surface area (Å²) < 4.78 is 7.53. The second-order valence-corrected chi connectivity index (χ2v) is 8.12. The second-order valence-electron chi connectivity index (χ2n) is 6.80. The molecule has 2 aromatic heterocycles. The number of rotatable bonds is 5. The van der Waals surface area contributed by atoms with Crippen LogP contribution in [0.1, 0.15) is 5.56 Å². The number of halogens is 2. The zero-order valence-corrected chi connectivity index (χ0v) is 18.6. The van der Waals surface area contributed by atoms with E-state index in [2.05, 4.69) is 31.4 Å². The van der Waals surface area contributed by atoms with Gasteiger partial charge in [0, 0.05) is 22.3 Å². The van der Waals surface area contributed by atoms with Crippen LogP contribution in [0.3, 0.4) is 0 Å². The van der Waals surface area contributed by atoms with E-state index in [4.69, 9.17) is 16.1 Å². The van der Waals surface area contributed by atoms with Gasteiger partial charge in [0.1, 0.15) is 6.54 Å². The first-order chi connectivity index (χ1) is 14.9. The van der Waals surface area contributed by atoms with Gasteiger partial charge in [-0.1, -0.05) is 57.0 Å². The number of carbonyl (C=O) groups is 1. The maximum absolute atomic E-state index is 12.5. The molecule has 0 aliphatic heterocycles. The first-order valence-electron chi connectivity index (χ1n) is 9.26. The first-order valence-corrected chi connectivity index (χ1v) is 10.4. The predicted molar refractivity (Wildman–Crippen MR) is 122 cm³/mol. The maximum atomic E-state index is 12.5. The molecule has 4 rings (SSSR count). The molecule has 7 nitrogen and oxygen atoms in total. The standard InChI is InChI=1S/C22H16BrClN4O3/c1-13-4-2-7-17(24)20(13)25-18(29)12-28-11-15(8-9-19(28)30)22-26-21(27-31-22)14-5-3-6-16(23)10-14/h2-11H,12H2,1H3,(H,25,29). The molecule has 0 spiro atoms. The highest BCUT2D eigenvalue weighted by Crippen LogP contribution is 2.26. The molecule has 0 atom stereocenters. The summed E-state index contributed by atoms with van der Waals surface area (Å²) in [5.74, 6) is 0.280. The smallest absolute Gasteiger partial charge is 0.259 e. The molecule has 1 amide bonds. The van der Waals surface area contributed by atoms with Gasteiger partial charge in [-0.05, 0) is 36.8 Å². The van der Waals surface area contributed by atoms with Crippen molar-refractivity contribution >= 4 is 39.1 Å². The van der Waals surface area contributed by atoms with Crippen LogP contribution in [0.5, 0.6) is 0 Å². The summed E-state index contributed by atoms with van der Waals surface area (Å²) in [6, 6.07) is 15.8. The van der Waals surface area contributed by atoms with Crippen LogP contribution in [0.15, 0.2) is 74.6 Å². The molecule has 0 fully saturated rings. The van der Waals surface area contributed by atoms with Gasteiger partial charge in [0.05, 0.1) is 16.3 Å². The number of para-hydroxylation sites is 1. The number of hydrogen-bond acceptors (Lipinski definition) is 5. The molecule has 0 saturated heterocycles. The molecule has 4 aromatic rings. The number of nitrogens with zero attached hydrogens (tertiary/aromatic N) is 3. The lowest BCUT2D eigenvalue weighted by Crippen LogP contribution is -2.27. The maximum Gasteiger partial charge on any atom is 0.259 e. The van der Waals surface area contributed by atoms with Crippen molar-refractivity contribution in [2.75, 3.05) is 5.32 Å². The zero-order valence-electron chi connectivity index (χ0n) is 16.3. The summed E-state index contributed by atoms with van der Waals surface area (Å²) >= 11 is 9.58. The van der Waals surface area contributed by atoms with Crippen molar-refractivity contribution in [3.05, 3.63) is 86.2 Å². The molecular formula is C22H16BrClN4O3. The van der Waals surface area contributed by atoms with E-state index in [1.165, 1.54) is 16.8 Å². The van der Waals surface area contributed by atoms with Crippen molar-refractivity contribution in [2.45, 2.75) is 13.5 Å². The molecule has 156 valence electrons. The molecule has 0 saturated carbocycles. The lowest BCUT2D eigenvalue weighted by Gasteiger charge is -2.11. The molecule has 0 aliphatic rings. The lowest BCUT2D eigenvalue weighted by molar-refractivity contribution is -0.116. The lowest BCUT2D eigenvalue weighted by atomic mass is 10.2. The summed E-state index contributed by atoms with van der Waals surface area (Å²) in [6.07, 6.45) is 1.51. The van der Waals surface area contributed by atoms with E-state index >= 15 is 0 Å². The highest BCUT2D eigenvalue weighted by atomic mass is 79.9. The highest BCUT2D eigenvalue weighted by molar-refractivity contribution is 9.10. The summed E-state index contributed by atoms with van der Waals surface area (Å²) in [5, 5.41) is 7.19. The van der Waals surface area contributed by atoms with Gasteiger partial charge in [-0.3, -0.25) is 9.59 Å². The third-order valence-electron chi connectivity index (χ3n) is 4.54. The molecule has 9 heteroatoms. The number of anilines is 1. The van der Waals surface area contributed by atoms with Gasteiger partial charge in [0.2, 0.25) is 11.7 Å². The van der Waals surface area contributed by atoms with Crippen LogP contribution >= 0.6 is 27.5 Å². The second kappa shape index (κ2) is 8.87. The molecule has 0 radical (unpaired) electrons. The Morgan fingerprint density at radius 2 is 1.97 bits per heavy atom. The van der Waals surface area contributed by atoms with E-state index in [1.807, 2.05) is 37.3 Å². The Morgan fingerprint density at radius 1 is 1.16 bits per heavy atom. The van der Waals surface area contributed by atoms with Gasteiger partial charge in [-0.15, -0.1) is 0 Å². The van der Waals surface area contributed by atoms with Gasteiger partial charge < -0.3 is 14.4 Å². The molecular weight excluding hydrogens is 484 g/mol. The van der Waals surface area contributed by atoms with E-state index in [-0.39, 0.29) is 23.9 Å². The molecule has 0 bridgehead atoms. The van der Waals surface area contributed by atoms with E-state index in [0.29, 0.717) is 22.1 Å². The van der Waals surface area contributed by atoms with E-state index in [0.717, 1.165) is 15.6 Å². The number of benzene rings is 2. The summed E-state index contributed by atoms with van der Waals surface area (Å²) in [4.78, 5) is 29.2. The van der Waals surface area contributed by atoms with Gasteiger partial charge in [0.15, 0.2) is 0 Å². The van der Waals surface area contributed by atoms with Crippen LogP contribution in [0, 0.1) is 6.92 Å². The first kappa shape index (κ1) is 21.0. The molecule has 1 N–H and O–H groups in total. The van der Waals surface area contributed by atoms with Gasteiger partial charge in [-0.2, -0.15) is 4.98 Å². The quantitative estimate of drug-likeness (QED) is 0.421. The van der Waals surface area contributed by atoms with Crippen molar-refractivity contribution in [3.8, 4) is 22.8 Å². The fourth-order valence-corrected chi connectivity index (χ4v) is 3.66. The summed E-state index contributed by atoms with van der Waals surface area (Å²) in [7, 11) is 0. The minimum atomic E-state index is -0.379. The number of pyridine rings is 1. The highest BCUT2D eigenvalue weighted by Gasteiger charge is 2.14. The Bertz CT molecular complexity index is 1310. The minimum absolute atomic E-state index is 0.191. The Labute approximate surface area is 190 Å². The predicted octanol–water partition coefficient (Wildman–Crippen LogP) is 4.93. The van der Waals surface area contributed by atoms with Gasteiger partial charge in [0.25, 0.3) is 11.4 Å². The number of hydrogen-bond donors (Lipinski definition) is 1. The molecule has 0 aliphatic carbocycles. The van der Waals surface area contributed by atoms with Crippen LogP contribution in [0.25, 0.3) is 22.8 Å². The van der Waals surface area contributed by atoms with Crippen molar-refractivity contribution in [3.63, 3.8) is 0 Å². The summed E-state index contributed by atoms with van der Waals surface area (Å²) in [5.41, 5.74) is 2.32. The van der Waals surface area contributed by atoms with Crippen LogP contribution < -0.4 is 10.9 Å². The average molecular weight is 500 g/mol. The number of carbonyl (C=O) groups excluding carboxylic acids is 1. The molecule has 2 aromatic carbocycles. The Kier molecular flexibility index (Phi) is 6.01. The average Bonchev–Trinajstić information content (AvgIpc) is 3.23. The van der Waals surface area contributed by atoms with Gasteiger partial charge >= 0.3 is 0 Å². The van der Waals surface area contributed by atoms with Gasteiger partial charge in [-0.25, -0.2) is 0 Å². The molecule has 0 unspecified atom stereocenters. The van der Waals surface area contributed by atoms with E-state index in [1.54, 1.807) is 18.2 Å². The molecule has 31 heavy (non-hydrogen) atoms. The van der Waals surface area contributed by atoms with Crippen molar-refractivity contribution in [2.24, 2.45) is 0 Å². The fraction of sp³-hybridized carbons (Fsp3) is 0.0909. The summed E-state index contributed by atoms with van der Waals surface area (Å²) in [6.45, 7) is 1.65. The van der Waals surface area contributed by atoms with Crippen molar-refractivity contribution in [1.29, 1.82) is 0 Å². The van der Waals surface area contributed by atoms with Crippen molar-refractivity contribution < 1.29 is 9.32 Å². The third-order valence-corrected chi connectivity index (χ3v) is 5.35. The topological polar surface area (TPSA) is 90.0 Å². The number of amides is 1. The number of aryl methyl sites for hydroxylation is 1. The third kappa shape index (κ3) is 4.76. The number of aromatic nitrogens is 3. The Morgan fingerprint density at radius 3 is 2.74 bits per heavy atom. The van der Waals surface area contributed by atoms with Crippen molar-refractivity contribution in [1.82, 2.24) is 14.7 Å². The largest absolute Gasteiger partial charge is 0.334 e. The normalized spacial score (nSPS) is 10.8. The van der Waals surface area contributed by atoms with E-state index < -0.39 is 0 Å². The fourth-order valence-electron chi connectivity index (χ4n) is 2.99. The van der Waals surface area contributed by atoms with E-state index in [9.17, 15) is 9.59 Å². The Hall–Kier alpha value is -3.23. The zero-order chi connectivity index (χ0) is 22.0. The molecule has 2 heterocycles. The minimum Gasteiger partial charge on any atom is -0.334 e.